The average molecular weight is 212 g/mol. The Hall–Kier alpha value is -0.213. The van der Waals surface area contributed by atoms with Gasteiger partial charge in [-0.3, -0.25) is 10.9 Å². The van der Waals surface area contributed by atoms with Crippen LogP contribution in [0.1, 0.15) is 5.56 Å². The normalized spacial score (nSPS) is 11.9. The van der Waals surface area contributed by atoms with Gasteiger partial charge in [-0.2, -0.15) is 0 Å². The van der Waals surface area contributed by atoms with Crippen molar-refractivity contribution in [3.05, 3.63) is 29.8 Å². The van der Waals surface area contributed by atoms with Crippen molar-refractivity contribution >= 4 is 24.9 Å². The van der Waals surface area contributed by atoms with Gasteiger partial charge in [0, 0.05) is 0 Å². The zero-order valence-electron chi connectivity index (χ0n) is 9.04. The lowest BCUT2D eigenvalue weighted by Crippen LogP contribution is -2.21. The molecule has 13 heavy (non-hydrogen) atoms. The first-order valence-corrected chi connectivity index (χ1v) is 10.1. The zero-order chi connectivity index (χ0) is 9.84. The summed E-state index contributed by atoms with van der Waals surface area (Å²) in [6, 6.07) is 9.27. The van der Waals surface area contributed by atoms with E-state index in [9.17, 15) is 0 Å². The van der Waals surface area contributed by atoms with Gasteiger partial charge in [0.25, 0.3) is 0 Å². The van der Waals surface area contributed by atoms with E-state index in [1.165, 1.54) is 11.3 Å². The number of hydrogen-bond donors (Lipinski definition) is 1. The lowest BCUT2D eigenvalue weighted by molar-refractivity contribution is 1.42. The molecular formula is C11H20SSi. The minimum Gasteiger partial charge on any atom is -0.255 e. The second-order valence-electron chi connectivity index (χ2n) is 4.13. The van der Waals surface area contributed by atoms with Gasteiger partial charge in [0.2, 0.25) is 0 Å². The maximum absolute atomic E-state index is 2.38. The first kappa shape index (κ1) is 10.9. The largest absolute Gasteiger partial charge is 0.255 e. The third-order valence-electron chi connectivity index (χ3n) is 2.15. The summed E-state index contributed by atoms with van der Waals surface area (Å²) in [4.78, 5) is 0. The molecule has 0 amide bonds. The molecule has 1 aromatic carbocycles. The van der Waals surface area contributed by atoms with Crippen LogP contribution in [-0.4, -0.2) is 21.3 Å². The predicted octanol–water partition coefficient (Wildman–Crippen LogP) is 2.14. The summed E-state index contributed by atoms with van der Waals surface area (Å²) in [5, 5.41) is 1.58. The second-order valence-corrected chi connectivity index (χ2v) is 9.59. The van der Waals surface area contributed by atoms with Crippen molar-refractivity contribution < 1.29 is 0 Å². The Morgan fingerprint density at radius 1 is 1.08 bits per heavy atom. The molecule has 0 N–H and O–H groups in total. The van der Waals surface area contributed by atoms with Gasteiger partial charge in [-0.25, -0.2) is 0 Å². The Morgan fingerprint density at radius 3 is 2.00 bits per heavy atom. The van der Waals surface area contributed by atoms with Crippen molar-refractivity contribution in [2.24, 2.45) is 0 Å². The number of thiol groups is 1. The monoisotopic (exact) mass is 212 g/mol. The molecule has 74 valence electrons. The number of rotatable bonds is 3. The molecule has 0 heterocycles. The van der Waals surface area contributed by atoms with Gasteiger partial charge in [0.05, 0.1) is 8.80 Å². The van der Waals surface area contributed by atoms with Gasteiger partial charge in [-0.05, 0) is 23.8 Å². The van der Waals surface area contributed by atoms with Crippen molar-refractivity contribution in [3.63, 3.8) is 0 Å². The molecule has 0 radical (unpaired) electrons. The van der Waals surface area contributed by atoms with Gasteiger partial charge >= 0.3 is 0 Å². The van der Waals surface area contributed by atoms with Crippen molar-refractivity contribution in [2.75, 3.05) is 12.5 Å². The second kappa shape index (κ2) is 4.87. The molecular weight excluding hydrogens is 192 g/mol. The zero-order valence-corrected chi connectivity index (χ0v) is 11.1. The van der Waals surface area contributed by atoms with Crippen LogP contribution >= 0.6 is 10.9 Å². The Morgan fingerprint density at radius 2 is 1.62 bits per heavy atom. The summed E-state index contributed by atoms with van der Waals surface area (Å²) < 4.78 is 0. The molecule has 0 spiro atoms. The van der Waals surface area contributed by atoms with E-state index in [2.05, 4.69) is 49.9 Å². The molecule has 0 aliphatic rings. The summed E-state index contributed by atoms with van der Waals surface area (Å²) >= 11 is 0. The van der Waals surface area contributed by atoms with Gasteiger partial charge in [-0.1, -0.05) is 42.5 Å². The minimum atomic E-state index is -0.580. The summed E-state index contributed by atoms with van der Waals surface area (Å²) in [6.07, 6.45) is 4.67. The van der Waals surface area contributed by atoms with E-state index in [1.54, 1.807) is 5.19 Å². The van der Waals surface area contributed by atoms with Crippen LogP contribution in [0, 0.1) is 0 Å². The highest BCUT2D eigenvalue weighted by molar-refractivity contribution is 8.15. The van der Waals surface area contributed by atoms with Gasteiger partial charge < -0.3 is 0 Å². The van der Waals surface area contributed by atoms with Crippen molar-refractivity contribution in [1.82, 2.24) is 0 Å². The minimum absolute atomic E-state index is 0.210. The van der Waals surface area contributed by atoms with Gasteiger partial charge in [0.1, 0.15) is 0 Å². The maximum Gasteiger partial charge on any atom is 0.0647 e. The summed E-state index contributed by atoms with van der Waals surface area (Å²) in [7, 11) is -0.370. The smallest absolute Gasteiger partial charge is 0.0647 e. The molecule has 0 saturated heterocycles. The van der Waals surface area contributed by atoms with E-state index in [0.29, 0.717) is 0 Å². The first-order valence-electron chi connectivity index (χ1n) is 4.83. The molecule has 1 rings (SSSR count). The molecule has 2 heteroatoms. The molecule has 0 bridgehead atoms. The predicted molar refractivity (Wildman–Crippen MR) is 69.5 cm³/mol. The molecule has 0 aliphatic heterocycles. The van der Waals surface area contributed by atoms with Crippen LogP contribution in [0.4, 0.5) is 0 Å². The first-order chi connectivity index (χ1) is 6.09. The number of hydrogen-bond acceptors (Lipinski definition) is 0. The molecule has 0 unspecified atom stereocenters. The Balaban J connectivity index is 2.70. The Labute approximate surface area is 86.3 Å². The van der Waals surface area contributed by atoms with Crippen LogP contribution < -0.4 is 5.19 Å². The highest BCUT2D eigenvalue weighted by Gasteiger charge is 2.00. The van der Waals surface area contributed by atoms with E-state index >= 15 is 0 Å². The molecule has 0 saturated carbocycles. The molecule has 0 nitrogen and oxygen atoms in total. The highest BCUT2D eigenvalue weighted by atomic mass is 32.2. The van der Waals surface area contributed by atoms with E-state index < -0.39 is 8.80 Å². The van der Waals surface area contributed by atoms with Crippen LogP contribution in [0.15, 0.2) is 24.3 Å². The van der Waals surface area contributed by atoms with Crippen LogP contribution in [0.2, 0.25) is 13.1 Å². The van der Waals surface area contributed by atoms with E-state index in [1.807, 2.05) is 0 Å². The highest BCUT2D eigenvalue weighted by Crippen LogP contribution is 2.20. The Kier molecular flexibility index (Phi) is 4.07. The van der Waals surface area contributed by atoms with Gasteiger partial charge in [-0.15, -0.1) is 0 Å². The quantitative estimate of drug-likeness (QED) is 0.576. The lowest BCUT2D eigenvalue weighted by atomic mass is 10.2. The van der Waals surface area contributed by atoms with E-state index in [4.69, 9.17) is 0 Å². The standard InChI is InChI=1S/C11H20SSi/c1-12(2)9-10-5-7-11(8-6-10)13(3)4/h5-8,12-13H,9H2,1-4H3. The Bertz CT molecular complexity index is 251. The van der Waals surface area contributed by atoms with E-state index in [0.717, 1.165) is 0 Å². The SMILES string of the molecule is C[SiH](C)c1ccc(C[SH](C)C)cc1. The summed E-state index contributed by atoms with van der Waals surface area (Å²) in [6.45, 7) is 4.75. The van der Waals surface area contributed by atoms with Crippen LogP contribution in [0.25, 0.3) is 0 Å². The van der Waals surface area contributed by atoms with E-state index in [-0.39, 0.29) is 10.9 Å². The fourth-order valence-corrected chi connectivity index (χ4v) is 3.28. The maximum atomic E-state index is 2.38. The third-order valence-corrected chi connectivity index (χ3v) is 4.86. The van der Waals surface area contributed by atoms with Crippen LogP contribution in [0.3, 0.4) is 0 Å². The summed E-state index contributed by atoms with van der Waals surface area (Å²) in [5.41, 5.74) is 1.51. The van der Waals surface area contributed by atoms with Crippen LogP contribution in [-0.2, 0) is 5.75 Å². The molecule has 0 aliphatic carbocycles. The fourth-order valence-electron chi connectivity index (χ4n) is 1.37. The third kappa shape index (κ3) is 3.57. The molecule has 0 fully saturated rings. The molecule has 0 aromatic heterocycles. The van der Waals surface area contributed by atoms with Crippen molar-refractivity contribution in [1.29, 1.82) is 0 Å². The topological polar surface area (TPSA) is 0 Å². The lowest BCUT2D eigenvalue weighted by Gasteiger charge is -2.10. The van der Waals surface area contributed by atoms with Crippen molar-refractivity contribution in [3.8, 4) is 0 Å². The fraction of sp³-hybridized carbons (Fsp3) is 0.455. The summed E-state index contributed by atoms with van der Waals surface area (Å²) in [5.74, 6) is 1.27. The van der Waals surface area contributed by atoms with Gasteiger partial charge in [0.15, 0.2) is 0 Å². The number of benzene rings is 1. The molecule has 1 aromatic rings. The van der Waals surface area contributed by atoms with Crippen molar-refractivity contribution in [2.45, 2.75) is 18.8 Å². The molecule has 0 atom stereocenters. The average Bonchev–Trinajstić information content (AvgIpc) is 2.04. The van der Waals surface area contributed by atoms with Crippen LogP contribution in [0.5, 0.6) is 0 Å².